The second kappa shape index (κ2) is 5.79. The molecule has 0 atom stereocenters. The molecule has 0 saturated heterocycles. The van der Waals surface area contributed by atoms with Crippen molar-refractivity contribution in [2.24, 2.45) is 0 Å². The van der Waals surface area contributed by atoms with Crippen LogP contribution in [0.25, 0.3) is 10.9 Å². The third-order valence-electron chi connectivity index (χ3n) is 2.48. The van der Waals surface area contributed by atoms with Crippen LogP contribution in [-0.2, 0) is 0 Å². The number of aromatic carboxylic acids is 1. The molecule has 0 fully saturated rings. The minimum atomic E-state index is -1.57. The number of hydrogen-bond donors (Lipinski definition) is 3. The predicted octanol–water partition coefficient (Wildman–Crippen LogP) is 1.78. The van der Waals surface area contributed by atoms with E-state index in [1.807, 2.05) is 0 Å². The molecule has 102 valence electrons. The topological polar surface area (TPSA) is 98.8 Å². The number of pyridine rings is 1. The minimum Gasteiger partial charge on any atom is -0.477 e. The fourth-order valence-corrected chi connectivity index (χ4v) is 1.61. The summed E-state index contributed by atoms with van der Waals surface area (Å²) in [5.41, 5.74) is -1.50. The van der Waals surface area contributed by atoms with Gasteiger partial charge in [0.15, 0.2) is 11.4 Å². The van der Waals surface area contributed by atoms with E-state index in [-0.39, 0.29) is 10.9 Å². The second-order valence-corrected chi connectivity index (χ2v) is 3.75. The number of para-hydroxylation sites is 1. The Kier molecular flexibility index (Phi) is 3.90. The van der Waals surface area contributed by atoms with E-state index in [1.54, 1.807) is 30.9 Å². The largest absolute Gasteiger partial charge is 0.477 e. The maximum Gasteiger partial charge on any atom is 0.344 e. The molecule has 0 aliphatic rings. The van der Waals surface area contributed by atoms with Crippen molar-refractivity contribution in [1.82, 2.24) is 15.0 Å². The van der Waals surface area contributed by atoms with Crippen molar-refractivity contribution in [2.75, 3.05) is 0 Å². The summed E-state index contributed by atoms with van der Waals surface area (Å²) in [5.74, 6) is -2.57. The van der Waals surface area contributed by atoms with Gasteiger partial charge < -0.3 is 15.1 Å². The molecule has 0 aliphatic heterocycles. The first-order chi connectivity index (χ1) is 9.61. The second-order valence-electron chi connectivity index (χ2n) is 3.75. The van der Waals surface area contributed by atoms with Crippen molar-refractivity contribution in [2.45, 2.75) is 0 Å². The molecule has 0 unspecified atom stereocenters. The average molecular weight is 275 g/mol. The monoisotopic (exact) mass is 275 g/mol. The molecule has 3 rings (SSSR count). The molecule has 7 heteroatoms. The van der Waals surface area contributed by atoms with E-state index in [1.165, 1.54) is 12.1 Å². The van der Waals surface area contributed by atoms with E-state index >= 15 is 0 Å². The standard InChI is InChI=1S/C10H6FNO3.C3H4N2/c11-8-5-3-1-2-4-6(5)12-9(13)7(8)10(14)15;1-2-5-3-4-1/h1-4H,(H,12,13)(H,14,15);1-3H,(H,4,5). The lowest BCUT2D eigenvalue weighted by atomic mass is 10.1. The van der Waals surface area contributed by atoms with Gasteiger partial charge in [0, 0.05) is 17.8 Å². The molecule has 20 heavy (non-hydrogen) atoms. The number of halogens is 1. The molecule has 0 saturated carbocycles. The van der Waals surface area contributed by atoms with Gasteiger partial charge in [-0.2, -0.15) is 0 Å². The molecule has 0 bridgehead atoms. The van der Waals surface area contributed by atoms with Gasteiger partial charge in [0.1, 0.15) is 0 Å². The van der Waals surface area contributed by atoms with Crippen molar-refractivity contribution in [3.05, 3.63) is 64.7 Å². The van der Waals surface area contributed by atoms with Crippen LogP contribution in [-0.4, -0.2) is 26.0 Å². The Bertz CT molecular complexity index is 764. The average Bonchev–Trinajstić information content (AvgIpc) is 2.97. The quantitative estimate of drug-likeness (QED) is 0.630. The highest BCUT2D eigenvalue weighted by molar-refractivity contribution is 5.92. The normalized spacial score (nSPS) is 9.85. The third kappa shape index (κ3) is 2.72. The molecule has 1 aromatic carbocycles. The molecule has 2 aromatic heterocycles. The lowest BCUT2D eigenvalue weighted by Crippen LogP contribution is -2.20. The number of aromatic amines is 2. The summed E-state index contributed by atoms with van der Waals surface area (Å²) in [5, 5.41) is 8.74. The Hall–Kier alpha value is -2.96. The summed E-state index contributed by atoms with van der Waals surface area (Å²) < 4.78 is 13.6. The number of imidazole rings is 1. The lowest BCUT2D eigenvalue weighted by Gasteiger charge is -2.01. The maximum atomic E-state index is 13.6. The summed E-state index contributed by atoms with van der Waals surface area (Å²) in [7, 11) is 0. The van der Waals surface area contributed by atoms with Gasteiger partial charge in [0.25, 0.3) is 5.56 Å². The molecule has 3 aromatic rings. The number of nitrogens with zero attached hydrogens (tertiary/aromatic N) is 1. The van der Waals surface area contributed by atoms with Crippen LogP contribution in [0, 0.1) is 5.82 Å². The first-order valence-corrected chi connectivity index (χ1v) is 5.58. The van der Waals surface area contributed by atoms with Gasteiger partial charge in [-0.1, -0.05) is 12.1 Å². The molecular formula is C13H10FN3O3. The van der Waals surface area contributed by atoms with E-state index in [0.29, 0.717) is 0 Å². The summed E-state index contributed by atoms with van der Waals surface area (Å²) in [6.07, 6.45) is 5.08. The lowest BCUT2D eigenvalue weighted by molar-refractivity contribution is 0.0690. The van der Waals surface area contributed by atoms with E-state index in [4.69, 9.17) is 5.11 Å². The van der Waals surface area contributed by atoms with Crippen molar-refractivity contribution in [1.29, 1.82) is 0 Å². The Balaban J connectivity index is 0.000000247. The Morgan fingerprint density at radius 3 is 2.60 bits per heavy atom. The van der Waals surface area contributed by atoms with Gasteiger partial charge in [-0.25, -0.2) is 14.2 Å². The summed E-state index contributed by atoms with van der Waals surface area (Å²) in [4.78, 5) is 30.6. The zero-order valence-electron chi connectivity index (χ0n) is 10.1. The van der Waals surface area contributed by atoms with E-state index in [2.05, 4.69) is 15.0 Å². The highest BCUT2D eigenvalue weighted by Crippen LogP contribution is 2.15. The van der Waals surface area contributed by atoms with Crippen LogP contribution in [0.1, 0.15) is 10.4 Å². The van der Waals surface area contributed by atoms with Crippen LogP contribution >= 0.6 is 0 Å². The summed E-state index contributed by atoms with van der Waals surface area (Å²) >= 11 is 0. The number of fused-ring (bicyclic) bond motifs is 1. The number of nitrogens with one attached hydrogen (secondary N) is 2. The van der Waals surface area contributed by atoms with E-state index in [0.717, 1.165) is 0 Å². The number of hydrogen-bond acceptors (Lipinski definition) is 3. The number of carbonyl (C=O) groups is 1. The minimum absolute atomic E-state index is 0.0921. The summed E-state index contributed by atoms with van der Waals surface area (Å²) in [6, 6.07) is 6.10. The first-order valence-electron chi connectivity index (χ1n) is 5.58. The first kappa shape index (κ1) is 13.5. The van der Waals surface area contributed by atoms with Crippen LogP contribution in [0.4, 0.5) is 4.39 Å². The zero-order valence-corrected chi connectivity index (χ0v) is 10.1. The number of aromatic nitrogens is 3. The van der Waals surface area contributed by atoms with E-state index in [9.17, 15) is 14.0 Å². The molecule has 0 spiro atoms. The van der Waals surface area contributed by atoms with Gasteiger partial charge in [-0.3, -0.25) is 4.79 Å². The van der Waals surface area contributed by atoms with Crippen LogP contribution in [0.5, 0.6) is 0 Å². The zero-order chi connectivity index (χ0) is 14.5. The Morgan fingerprint density at radius 2 is 2.05 bits per heavy atom. The maximum absolute atomic E-state index is 13.6. The van der Waals surface area contributed by atoms with Gasteiger partial charge in [-0.15, -0.1) is 0 Å². The highest BCUT2D eigenvalue weighted by Gasteiger charge is 2.18. The smallest absolute Gasteiger partial charge is 0.344 e. The van der Waals surface area contributed by atoms with Crippen LogP contribution in [0.2, 0.25) is 0 Å². The molecule has 0 aliphatic carbocycles. The molecule has 6 nitrogen and oxygen atoms in total. The Morgan fingerprint density at radius 1 is 1.30 bits per heavy atom. The predicted molar refractivity (Wildman–Crippen MR) is 70.1 cm³/mol. The number of benzene rings is 1. The van der Waals surface area contributed by atoms with Crippen molar-refractivity contribution in [3.63, 3.8) is 0 Å². The van der Waals surface area contributed by atoms with Crippen molar-refractivity contribution in [3.8, 4) is 0 Å². The number of carboxylic acid groups (broad SMARTS) is 1. The number of H-pyrrole nitrogens is 2. The van der Waals surface area contributed by atoms with Gasteiger partial charge in [-0.05, 0) is 12.1 Å². The van der Waals surface area contributed by atoms with Crippen molar-refractivity contribution < 1.29 is 14.3 Å². The SMILES string of the molecule is O=C(O)c1c(F)c2ccccc2[nH]c1=O.c1c[nH]cn1. The van der Waals surface area contributed by atoms with Gasteiger partial charge in [0.05, 0.1) is 11.8 Å². The molecule has 0 amide bonds. The molecular weight excluding hydrogens is 265 g/mol. The van der Waals surface area contributed by atoms with Crippen LogP contribution < -0.4 is 5.56 Å². The number of rotatable bonds is 1. The fourth-order valence-electron chi connectivity index (χ4n) is 1.61. The van der Waals surface area contributed by atoms with Crippen LogP contribution in [0.15, 0.2) is 47.8 Å². The molecule has 2 heterocycles. The third-order valence-corrected chi connectivity index (χ3v) is 2.48. The van der Waals surface area contributed by atoms with Crippen LogP contribution in [0.3, 0.4) is 0 Å². The Labute approximate surface area is 111 Å². The van der Waals surface area contributed by atoms with Gasteiger partial charge in [0.2, 0.25) is 0 Å². The summed E-state index contributed by atoms with van der Waals surface area (Å²) in [6.45, 7) is 0. The molecule has 3 N–H and O–H groups in total. The number of carboxylic acids is 1. The highest BCUT2D eigenvalue weighted by atomic mass is 19.1. The van der Waals surface area contributed by atoms with Gasteiger partial charge >= 0.3 is 5.97 Å². The molecule has 0 radical (unpaired) electrons. The fraction of sp³-hybridized carbons (Fsp3) is 0. The van der Waals surface area contributed by atoms with E-state index < -0.39 is 22.9 Å². The van der Waals surface area contributed by atoms with Crippen molar-refractivity contribution >= 4 is 16.9 Å².